The minimum absolute atomic E-state index is 0.00880. The van der Waals surface area contributed by atoms with Crippen molar-refractivity contribution in [3.63, 3.8) is 0 Å². The smallest absolute Gasteiger partial charge is 0.230 e. The van der Waals surface area contributed by atoms with Gasteiger partial charge in [0.1, 0.15) is 5.75 Å². The minimum atomic E-state index is -0.00880. The number of carbonyl (C=O) groups excluding carboxylic acids is 1. The number of benzene rings is 2. The molecule has 0 aliphatic heterocycles. The lowest BCUT2D eigenvalue weighted by Gasteiger charge is -2.10. The number of amides is 1. The Labute approximate surface area is 176 Å². The van der Waals surface area contributed by atoms with Gasteiger partial charge in [0.2, 0.25) is 5.91 Å². The Bertz CT molecular complexity index is 939. The van der Waals surface area contributed by atoms with E-state index in [9.17, 15) is 4.79 Å². The van der Waals surface area contributed by atoms with Gasteiger partial charge in [-0.2, -0.15) is 0 Å². The van der Waals surface area contributed by atoms with E-state index >= 15 is 0 Å². The van der Waals surface area contributed by atoms with Crippen LogP contribution >= 0.6 is 11.8 Å². The van der Waals surface area contributed by atoms with E-state index in [1.54, 1.807) is 7.11 Å². The second-order valence-corrected chi connectivity index (χ2v) is 7.92. The number of nitrogens with one attached hydrogen (secondary N) is 1. The standard InChI is InChI=1S/C23H29N3O2S/c1-3-4-5-10-15-26-20-13-8-7-12-19(20)25-23(26)29-17-22(27)24-16-18-11-6-9-14-21(18)28-2/h6-9,11-14H,3-5,10,15-17H2,1-2H3,(H,24,27). The summed E-state index contributed by atoms with van der Waals surface area (Å²) in [5, 5.41) is 3.89. The molecule has 154 valence electrons. The Hall–Kier alpha value is -2.47. The quantitative estimate of drug-likeness (QED) is 0.355. The van der Waals surface area contributed by atoms with Crippen LogP contribution in [-0.2, 0) is 17.9 Å². The summed E-state index contributed by atoms with van der Waals surface area (Å²) >= 11 is 1.50. The van der Waals surface area contributed by atoms with Gasteiger partial charge in [-0.3, -0.25) is 4.79 Å². The number of aromatic nitrogens is 2. The fraction of sp³-hybridized carbons (Fsp3) is 0.391. The van der Waals surface area contributed by atoms with E-state index in [-0.39, 0.29) is 5.91 Å². The van der Waals surface area contributed by atoms with E-state index in [4.69, 9.17) is 9.72 Å². The molecule has 5 nitrogen and oxygen atoms in total. The molecule has 0 saturated heterocycles. The van der Waals surface area contributed by atoms with Crippen LogP contribution in [-0.4, -0.2) is 28.3 Å². The van der Waals surface area contributed by atoms with Gasteiger partial charge in [-0.25, -0.2) is 4.98 Å². The highest BCUT2D eigenvalue weighted by Gasteiger charge is 2.13. The highest BCUT2D eigenvalue weighted by atomic mass is 32.2. The van der Waals surface area contributed by atoms with Crippen molar-refractivity contribution in [2.24, 2.45) is 0 Å². The van der Waals surface area contributed by atoms with Gasteiger partial charge in [0.25, 0.3) is 0 Å². The molecule has 0 radical (unpaired) electrons. The van der Waals surface area contributed by atoms with E-state index in [0.29, 0.717) is 12.3 Å². The van der Waals surface area contributed by atoms with Gasteiger partial charge in [-0.05, 0) is 24.6 Å². The highest BCUT2D eigenvalue weighted by molar-refractivity contribution is 7.99. The van der Waals surface area contributed by atoms with E-state index in [2.05, 4.69) is 22.9 Å². The van der Waals surface area contributed by atoms with Gasteiger partial charge in [0.05, 0.1) is 23.9 Å². The minimum Gasteiger partial charge on any atom is -0.496 e. The molecule has 6 heteroatoms. The van der Waals surface area contributed by atoms with Crippen LogP contribution < -0.4 is 10.1 Å². The summed E-state index contributed by atoms with van der Waals surface area (Å²) in [5.74, 6) is 1.12. The molecule has 0 bridgehead atoms. The van der Waals surface area contributed by atoms with Crippen LogP contribution in [0.3, 0.4) is 0 Å². The molecule has 0 aliphatic carbocycles. The van der Waals surface area contributed by atoms with Crippen LogP contribution in [0.15, 0.2) is 53.7 Å². The average molecular weight is 412 g/mol. The first kappa shape index (κ1) is 21.2. The van der Waals surface area contributed by atoms with Crippen molar-refractivity contribution in [1.82, 2.24) is 14.9 Å². The molecule has 1 amide bonds. The topological polar surface area (TPSA) is 56.2 Å². The molecule has 0 unspecified atom stereocenters. The Morgan fingerprint density at radius 2 is 1.90 bits per heavy atom. The number of para-hydroxylation sites is 3. The number of aryl methyl sites for hydroxylation is 1. The van der Waals surface area contributed by atoms with E-state index in [1.165, 1.54) is 31.0 Å². The van der Waals surface area contributed by atoms with Crippen LogP contribution in [0.4, 0.5) is 0 Å². The normalized spacial score (nSPS) is 11.0. The largest absolute Gasteiger partial charge is 0.496 e. The average Bonchev–Trinajstić information content (AvgIpc) is 3.11. The number of hydrogen-bond acceptors (Lipinski definition) is 4. The molecule has 1 heterocycles. The summed E-state index contributed by atoms with van der Waals surface area (Å²) < 4.78 is 7.59. The van der Waals surface area contributed by atoms with Gasteiger partial charge < -0.3 is 14.6 Å². The van der Waals surface area contributed by atoms with Crippen LogP contribution in [0.2, 0.25) is 0 Å². The number of ether oxygens (including phenoxy) is 1. The molecule has 29 heavy (non-hydrogen) atoms. The van der Waals surface area contributed by atoms with Gasteiger partial charge in [-0.1, -0.05) is 68.3 Å². The fourth-order valence-electron chi connectivity index (χ4n) is 3.30. The first-order valence-corrected chi connectivity index (χ1v) is 11.2. The lowest BCUT2D eigenvalue weighted by atomic mass is 10.2. The summed E-state index contributed by atoms with van der Waals surface area (Å²) in [6, 6.07) is 15.9. The number of thioether (sulfide) groups is 1. The van der Waals surface area contributed by atoms with Crippen molar-refractivity contribution >= 4 is 28.7 Å². The maximum absolute atomic E-state index is 12.4. The first-order chi connectivity index (χ1) is 14.2. The predicted octanol–water partition coefficient (Wildman–Crippen LogP) is 5.03. The number of fused-ring (bicyclic) bond motifs is 1. The molecule has 0 atom stereocenters. The second kappa shape index (κ2) is 10.9. The third-order valence-corrected chi connectivity index (χ3v) is 5.83. The fourth-order valence-corrected chi connectivity index (χ4v) is 4.17. The summed E-state index contributed by atoms with van der Waals surface area (Å²) in [4.78, 5) is 17.2. The predicted molar refractivity (Wildman–Crippen MR) is 119 cm³/mol. The van der Waals surface area contributed by atoms with Gasteiger partial charge in [-0.15, -0.1) is 0 Å². The molecule has 2 aromatic carbocycles. The van der Waals surface area contributed by atoms with Crippen molar-refractivity contribution < 1.29 is 9.53 Å². The SMILES string of the molecule is CCCCCCn1c(SCC(=O)NCc2ccccc2OC)nc2ccccc21. The summed E-state index contributed by atoms with van der Waals surface area (Å²) in [7, 11) is 1.64. The maximum Gasteiger partial charge on any atom is 0.230 e. The zero-order valence-electron chi connectivity index (χ0n) is 17.2. The molecule has 0 fully saturated rings. The van der Waals surface area contributed by atoms with Crippen molar-refractivity contribution in [2.45, 2.75) is 50.9 Å². The molecule has 3 aromatic rings. The number of unbranched alkanes of at least 4 members (excludes halogenated alkanes) is 3. The van der Waals surface area contributed by atoms with Crippen LogP contribution in [0.5, 0.6) is 5.75 Å². The van der Waals surface area contributed by atoms with Crippen LogP contribution in [0, 0.1) is 0 Å². The third kappa shape index (κ3) is 5.76. The van der Waals surface area contributed by atoms with Gasteiger partial charge >= 0.3 is 0 Å². The maximum atomic E-state index is 12.4. The van der Waals surface area contributed by atoms with Crippen molar-refractivity contribution in [2.75, 3.05) is 12.9 Å². The molecule has 0 saturated carbocycles. The van der Waals surface area contributed by atoms with Gasteiger partial charge in [0.15, 0.2) is 5.16 Å². The third-order valence-electron chi connectivity index (χ3n) is 4.86. The monoisotopic (exact) mass is 411 g/mol. The summed E-state index contributed by atoms with van der Waals surface area (Å²) in [5.41, 5.74) is 3.09. The first-order valence-electron chi connectivity index (χ1n) is 10.2. The van der Waals surface area contributed by atoms with E-state index in [1.807, 2.05) is 42.5 Å². The summed E-state index contributed by atoms with van der Waals surface area (Å²) in [6.07, 6.45) is 4.81. The highest BCUT2D eigenvalue weighted by Crippen LogP contribution is 2.25. The molecular formula is C23H29N3O2S. The summed E-state index contributed by atoms with van der Waals surface area (Å²) in [6.45, 7) is 3.61. The lowest BCUT2D eigenvalue weighted by Crippen LogP contribution is -2.25. The molecule has 0 spiro atoms. The van der Waals surface area contributed by atoms with Crippen molar-refractivity contribution in [3.8, 4) is 5.75 Å². The van der Waals surface area contributed by atoms with Crippen LogP contribution in [0.25, 0.3) is 11.0 Å². The van der Waals surface area contributed by atoms with Crippen molar-refractivity contribution in [3.05, 3.63) is 54.1 Å². The van der Waals surface area contributed by atoms with E-state index in [0.717, 1.165) is 40.5 Å². The number of methoxy groups -OCH3 is 1. The number of nitrogens with zero attached hydrogens (tertiary/aromatic N) is 2. The molecular weight excluding hydrogens is 382 g/mol. The molecule has 3 rings (SSSR count). The second-order valence-electron chi connectivity index (χ2n) is 6.97. The Morgan fingerprint density at radius 3 is 2.72 bits per heavy atom. The number of rotatable bonds is 11. The Morgan fingerprint density at radius 1 is 1.10 bits per heavy atom. The lowest BCUT2D eigenvalue weighted by molar-refractivity contribution is -0.118. The Balaban J connectivity index is 1.61. The number of imidazole rings is 1. The zero-order valence-corrected chi connectivity index (χ0v) is 18.0. The number of carbonyl (C=O) groups is 1. The van der Waals surface area contributed by atoms with Gasteiger partial charge in [0, 0.05) is 18.7 Å². The molecule has 1 aromatic heterocycles. The number of hydrogen-bond donors (Lipinski definition) is 1. The van der Waals surface area contributed by atoms with Crippen LogP contribution in [0.1, 0.15) is 38.2 Å². The zero-order chi connectivity index (χ0) is 20.5. The molecule has 0 aliphatic rings. The van der Waals surface area contributed by atoms with E-state index < -0.39 is 0 Å². The molecule has 1 N–H and O–H groups in total. The van der Waals surface area contributed by atoms with Crippen molar-refractivity contribution in [1.29, 1.82) is 0 Å². The Kier molecular flexibility index (Phi) is 7.99.